The van der Waals surface area contributed by atoms with Crippen molar-refractivity contribution in [2.24, 2.45) is 11.8 Å². The van der Waals surface area contributed by atoms with E-state index < -0.39 is 0 Å². The first-order valence-electron chi connectivity index (χ1n) is 5.75. The van der Waals surface area contributed by atoms with E-state index in [0.717, 1.165) is 31.1 Å². The number of nitrogens with zero attached hydrogens (tertiary/aromatic N) is 1. The van der Waals surface area contributed by atoms with Crippen molar-refractivity contribution in [3.8, 4) is 0 Å². The van der Waals surface area contributed by atoms with E-state index in [2.05, 4.69) is 4.90 Å². The molecule has 0 spiro atoms. The van der Waals surface area contributed by atoms with Gasteiger partial charge < -0.3 is 4.74 Å². The molecule has 0 aromatic rings. The summed E-state index contributed by atoms with van der Waals surface area (Å²) in [6.07, 6.45) is 6.05. The Bertz CT molecular complexity index is 189. The van der Waals surface area contributed by atoms with Gasteiger partial charge in [0, 0.05) is 19.1 Å². The van der Waals surface area contributed by atoms with E-state index in [0.29, 0.717) is 0 Å². The maximum atomic E-state index is 5.40. The van der Waals surface area contributed by atoms with Crippen molar-refractivity contribution in [2.75, 3.05) is 26.3 Å². The van der Waals surface area contributed by atoms with Gasteiger partial charge in [0.2, 0.25) is 0 Å². The molecule has 1 aliphatic heterocycles. The molecule has 2 aliphatic carbocycles. The summed E-state index contributed by atoms with van der Waals surface area (Å²) < 4.78 is 5.40. The van der Waals surface area contributed by atoms with Crippen LogP contribution >= 0.6 is 0 Å². The fourth-order valence-electron chi connectivity index (χ4n) is 3.57. The lowest BCUT2D eigenvalue weighted by Gasteiger charge is -2.36. The Kier molecular flexibility index (Phi) is 2.06. The summed E-state index contributed by atoms with van der Waals surface area (Å²) in [5.41, 5.74) is 0. The number of hydrogen-bond donors (Lipinski definition) is 0. The maximum absolute atomic E-state index is 5.40. The highest BCUT2D eigenvalue weighted by atomic mass is 16.5. The van der Waals surface area contributed by atoms with E-state index in [1.54, 1.807) is 0 Å². The summed E-state index contributed by atoms with van der Waals surface area (Å²) in [5.74, 6) is 2.13. The van der Waals surface area contributed by atoms with E-state index in [1.165, 1.54) is 38.8 Å². The van der Waals surface area contributed by atoms with Gasteiger partial charge in [-0.25, -0.2) is 0 Å². The molecule has 2 heteroatoms. The van der Waals surface area contributed by atoms with Crippen molar-refractivity contribution >= 4 is 0 Å². The highest BCUT2D eigenvalue weighted by molar-refractivity contribution is 4.95. The van der Waals surface area contributed by atoms with Crippen LogP contribution in [0.3, 0.4) is 0 Å². The molecule has 0 N–H and O–H groups in total. The van der Waals surface area contributed by atoms with Crippen LogP contribution in [0.2, 0.25) is 0 Å². The molecule has 0 amide bonds. The van der Waals surface area contributed by atoms with Gasteiger partial charge in [-0.05, 0) is 31.1 Å². The van der Waals surface area contributed by atoms with E-state index in [-0.39, 0.29) is 0 Å². The standard InChI is InChI=1S/C11H19NO/c1-2-10-7-9(1)8-11(10)12-3-5-13-6-4-12/h9-11H,1-8H2/t9-,10-,11+/m1/s1. The fraction of sp³-hybridized carbons (Fsp3) is 1.00. The Hall–Kier alpha value is -0.0800. The van der Waals surface area contributed by atoms with E-state index in [1.807, 2.05) is 0 Å². The molecule has 2 nitrogen and oxygen atoms in total. The SMILES string of the molecule is C1CN([C@H]2C[C@@H]3CC[C@@H]2C3)CCO1. The zero-order valence-corrected chi connectivity index (χ0v) is 8.24. The molecule has 1 heterocycles. The van der Waals surface area contributed by atoms with Gasteiger partial charge in [-0.2, -0.15) is 0 Å². The summed E-state index contributed by atoms with van der Waals surface area (Å²) in [6, 6.07) is 0.933. The van der Waals surface area contributed by atoms with Gasteiger partial charge in [-0.1, -0.05) is 6.42 Å². The second-order valence-electron chi connectivity index (χ2n) is 4.89. The molecular weight excluding hydrogens is 162 g/mol. The molecule has 0 unspecified atom stereocenters. The van der Waals surface area contributed by atoms with Crippen molar-refractivity contribution in [3.63, 3.8) is 0 Å². The third-order valence-corrected chi connectivity index (χ3v) is 4.22. The summed E-state index contributed by atoms with van der Waals surface area (Å²) in [4.78, 5) is 2.69. The Labute approximate surface area is 80.2 Å². The molecule has 74 valence electrons. The van der Waals surface area contributed by atoms with Gasteiger partial charge in [0.05, 0.1) is 13.2 Å². The number of ether oxygens (including phenoxy) is 1. The lowest BCUT2D eigenvalue weighted by atomic mass is 9.94. The Balaban J connectivity index is 1.65. The molecule has 3 atom stereocenters. The number of rotatable bonds is 1. The van der Waals surface area contributed by atoms with Gasteiger partial charge in [0.1, 0.15) is 0 Å². The van der Waals surface area contributed by atoms with E-state index in [9.17, 15) is 0 Å². The molecule has 3 rings (SSSR count). The zero-order valence-electron chi connectivity index (χ0n) is 8.24. The van der Waals surface area contributed by atoms with Crippen LogP contribution in [0.25, 0.3) is 0 Å². The minimum Gasteiger partial charge on any atom is -0.379 e. The summed E-state index contributed by atoms with van der Waals surface area (Å²) in [5, 5.41) is 0. The van der Waals surface area contributed by atoms with Crippen LogP contribution in [0.15, 0.2) is 0 Å². The fourth-order valence-corrected chi connectivity index (χ4v) is 3.57. The van der Waals surface area contributed by atoms with Crippen molar-refractivity contribution < 1.29 is 4.74 Å². The number of fused-ring (bicyclic) bond motifs is 2. The van der Waals surface area contributed by atoms with Crippen LogP contribution in [0.4, 0.5) is 0 Å². The van der Waals surface area contributed by atoms with E-state index >= 15 is 0 Å². The number of morpholine rings is 1. The quantitative estimate of drug-likeness (QED) is 0.608. The third-order valence-electron chi connectivity index (χ3n) is 4.22. The van der Waals surface area contributed by atoms with Crippen molar-refractivity contribution in [1.82, 2.24) is 4.90 Å². The monoisotopic (exact) mass is 181 g/mol. The minimum absolute atomic E-state index is 0.933. The van der Waals surface area contributed by atoms with Crippen LogP contribution in [0.1, 0.15) is 25.7 Å². The highest BCUT2D eigenvalue weighted by Gasteiger charge is 2.42. The van der Waals surface area contributed by atoms with Gasteiger partial charge in [0.15, 0.2) is 0 Å². The summed E-state index contributed by atoms with van der Waals surface area (Å²) in [7, 11) is 0. The first kappa shape index (κ1) is 8.25. The molecule has 13 heavy (non-hydrogen) atoms. The second-order valence-corrected chi connectivity index (χ2v) is 4.89. The van der Waals surface area contributed by atoms with Crippen LogP contribution in [0.5, 0.6) is 0 Å². The van der Waals surface area contributed by atoms with E-state index in [4.69, 9.17) is 4.74 Å². The van der Waals surface area contributed by atoms with Crippen LogP contribution in [-0.4, -0.2) is 37.2 Å². The van der Waals surface area contributed by atoms with Gasteiger partial charge in [-0.15, -0.1) is 0 Å². The van der Waals surface area contributed by atoms with Crippen molar-refractivity contribution in [3.05, 3.63) is 0 Å². The molecule has 0 radical (unpaired) electrons. The average Bonchev–Trinajstić information content (AvgIpc) is 2.80. The van der Waals surface area contributed by atoms with Crippen molar-refractivity contribution in [2.45, 2.75) is 31.7 Å². The molecule has 2 saturated carbocycles. The molecule has 3 fully saturated rings. The Morgan fingerprint density at radius 1 is 1.00 bits per heavy atom. The first-order valence-corrected chi connectivity index (χ1v) is 5.75. The highest BCUT2D eigenvalue weighted by Crippen LogP contribution is 2.46. The van der Waals surface area contributed by atoms with Crippen molar-refractivity contribution in [1.29, 1.82) is 0 Å². The Morgan fingerprint density at radius 3 is 2.46 bits per heavy atom. The maximum Gasteiger partial charge on any atom is 0.0594 e. The van der Waals surface area contributed by atoms with Crippen LogP contribution in [-0.2, 0) is 4.74 Å². The summed E-state index contributed by atoms with van der Waals surface area (Å²) >= 11 is 0. The van der Waals surface area contributed by atoms with Gasteiger partial charge in [0.25, 0.3) is 0 Å². The topological polar surface area (TPSA) is 12.5 Å². The second kappa shape index (κ2) is 3.25. The lowest BCUT2D eigenvalue weighted by molar-refractivity contribution is 0.00415. The first-order chi connectivity index (χ1) is 6.43. The summed E-state index contributed by atoms with van der Waals surface area (Å²) in [6.45, 7) is 4.31. The lowest BCUT2D eigenvalue weighted by Crippen LogP contribution is -2.45. The minimum atomic E-state index is 0.933. The largest absolute Gasteiger partial charge is 0.379 e. The number of hydrogen-bond acceptors (Lipinski definition) is 2. The smallest absolute Gasteiger partial charge is 0.0594 e. The normalized spacial score (nSPS) is 45.7. The molecule has 0 aromatic heterocycles. The van der Waals surface area contributed by atoms with Gasteiger partial charge in [-0.3, -0.25) is 4.90 Å². The van der Waals surface area contributed by atoms with Gasteiger partial charge >= 0.3 is 0 Å². The third kappa shape index (κ3) is 1.40. The zero-order chi connectivity index (χ0) is 8.67. The predicted molar refractivity (Wildman–Crippen MR) is 51.6 cm³/mol. The predicted octanol–water partition coefficient (Wildman–Crippen LogP) is 1.51. The molecule has 0 aromatic carbocycles. The molecule has 1 saturated heterocycles. The molecule has 3 aliphatic rings. The van der Waals surface area contributed by atoms with Crippen LogP contribution in [0, 0.1) is 11.8 Å². The average molecular weight is 181 g/mol. The Morgan fingerprint density at radius 2 is 1.85 bits per heavy atom. The molecular formula is C11H19NO. The molecule has 2 bridgehead atoms. The van der Waals surface area contributed by atoms with Crippen LogP contribution < -0.4 is 0 Å².